The molecule has 2 fully saturated rings. The molecule has 0 aromatic carbocycles. The van der Waals surface area contributed by atoms with Crippen LogP contribution in [0.1, 0.15) is 50.1 Å². The van der Waals surface area contributed by atoms with E-state index in [1.165, 1.54) is 0 Å². The molecule has 0 radical (unpaired) electrons. The summed E-state index contributed by atoms with van der Waals surface area (Å²) in [4.78, 5) is 16.8. The second-order valence-corrected chi connectivity index (χ2v) is 8.08. The SMILES string of the molecule is CC(C)(C)CN1CCCC(n2cc(C(=O)N3CCOCC3)nn2)C1. The van der Waals surface area contributed by atoms with E-state index in [2.05, 4.69) is 36.0 Å². The summed E-state index contributed by atoms with van der Waals surface area (Å²) >= 11 is 0. The predicted octanol–water partition coefficient (Wildman–Crippen LogP) is 1.43. The van der Waals surface area contributed by atoms with Crippen molar-refractivity contribution >= 4 is 5.91 Å². The molecular formula is C17H29N5O2. The number of hydrogen-bond donors (Lipinski definition) is 0. The number of rotatable bonds is 3. The van der Waals surface area contributed by atoms with E-state index in [4.69, 9.17) is 4.74 Å². The van der Waals surface area contributed by atoms with Crippen LogP contribution in [-0.2, 0) is 4.74 Å². The van der Waals surface area contributed by atoms with Gasteiger partial charge in [0.1, 0.15) is 0 Å². The lowest BCUT2D eigenvalue weighted by atomic mass is 9.94. The summed E-state index contributed by atoms with van der Waals surface area (Å²) in [5.74, 6) is -0.0353. The van der Waals surface area contributed by atoms with Crippen molar-refractivity contribution in [3.05, 3.63) is 11.9 Å². The van der Waals surface area contributed by atoms with Gasteiger partial charge in [-0.25, -0.2) is 4.68 Å². The molecule has 7 nitrogen and oxygen atoms in total. The fourth-order valence-electron chi connectivity index (χ4n) is 3.54. The standard InChI is InChI=1S/C17H29N5O2/c1-17(2,3)13-20-6-4-5-14(11-20)22-12-15(18-19-22)16(23)21-7-9-24-10-8-21/h12,14H,4-11,13H2,1-3H3. The fourth-order valence-corrected chi connectivity index (χ4v) is 3.54. The Bertz CT molecular complexity index is 560. The van der Waals surface area contributed by atoms with Crippen LogP contribution in [0.5, 0.6) is 0 Å². The Balaban J connectivity index is 1.63. The van der Waals surface area contributed by atoms with E-state index in [1.807, 2.05) is 10.9 Å². The maximum Gasteiger partial charge on any atom is 0.276 e. The maximum absolute atomic E-state index is 12.5. The summed E-state index contributed by atoms with van der Waals surface area (Å²) in [5, 5.41) is 8.38. The molecule has 0 spiro atoms. The Kier molecular flexibility index (Phi) is 5.20. The molecule has 1 aromatic rings. The van der Waals surface area contributed by atoms with Crippen LogP contribution in [0.3, 0.4) is 0 Å². The first kappa shape index (κ1) is 17.4. The minimum Gasteiger partial charge on any atom is -0.378 e. The molecule has 0 N–H and O–H groups in total. The van der Waals surface area contributed by atoms with Gasteiger partial charge in [0.2, 0.25) is 0 Å². The van der Waals surface area contributed by atoms with E-state index in [-0.39, 0.29) is 5.91 Å². The van der Waals surface area contributed by atoms with Crippen molar-refractivity contribution in [2.45, 2.75) is 39.7 Å². The highest BCUT2D eigenvalue weighted by Crippen LogP contribution is 2.24. The molecule has 1 aromatic heterocycles. The Hall–Kier alpha value is -1.47. The van der Waals surface area contributed by atoms with Crippen molar-refractivity contribution in [3.63, 3.8) is 0 Å². The lowest BCUT2D eigenvalue weighted by Crippen LogP contribution is -2.41. The van der Waals surface area contributed by atoms with Crippen molar-refractivity contribution in [1.82, 2.24) is 24.8 Å². The van der Waals surface area contributed by atoms with Crippen LogP contribution in [0.25, 0.3) is 0 Å². The number of carbonyl (C=O) groups is 1. The lowest BCUT2D eigenvalue weighted by molar-refractivity contribution is 0.0299. The van der Waals surface area contributed by atoms with Crippen molar-refractivity contribution in [2.24, 2.45) is 5.41 Å². The van der Waals surface area contributed by atoms with Crippen LogP contribution < -0.4 is 0 Å². The molecule has 3 rings (SSSR count). The van der Waals surface area contributed by atoms with Gasteiger partial charge in [0.25, 0.3) is 5.91 Å². The second-order valence-electron chi connectivity index (χ2n) is 8.08. The molecule has 2 aliphatic rings. The van der Waals surface area contributed by atoms with Crippen LogP contribution in [0, 0.1) is 5.41 Å². The van der Waals surface area contributed by atoms with Crippen LogP contribution in [-0.4, -0.2) is 76.6 Å². The number of nitrogens with zero attached hydrogens (tertiary/aromatic N) is 5. The van der Waals surface area contributed by atoms with Gasteiger partial charge in [0.05, 0.1) is 25.5 Å². The number of ether oxygens (including phenoxy) is 1. The predicted molar refractivity (Wildman–Crippen MR) is 90.9 cm³/mol. The Morgan fingerprint density at radius 1 is 1.29 bits per heavy atom. The molecule has 2 aliphatic heterocycles. The largest absolute Gasteiger partial charge is 0.378 e. The highest BCUT2D eigenvalue weighted by Gasteiger charge is 2.27. The third kappa shape index (κ3) is 4.33. The second kappa shape index (κ2) is 7.19. The van der Waals surface area contributed by atoms with Gasteiger partial charge in [-0.3, -0.25) is 4.79 Å². The quantitative estimate of drug-likeness (QED) is 0.836. The first-order chi connectivity index (χ1) is 11.4. The number of aromatic nitrogens is 3. The van der Waals surface area contributed by atoms with Gasteiger partial charge in [-0.1, -0.05) is 26.0 Å². The van der Waals surface area contributed by atoms with E-state index in [9.17, 15) is 4.79 Å². The zero-order valence-electron chi connectivity index (χ0n) is 15.1. The zero-order valence-corrected chi connectivity index (χ0v) is 15.1. The molecule has 1 amide bonds. The van der Waals surface area contributed by atoms with E-state index in [1.54, 1.807) is 4.90 Å². The van der Waals surface area contributed by atoms with Crippen LogP contribution in [0.15, 0.2) is 6.20 Å². The zero-order chi connectivity index (χ0) is 17.2. The smallest absolute Gasteiger partial charge is 0.276 e. The van der Waals surface area contributed by atoms with E-state index >= 15 is 0 Å². The first-order valence-electron chi connectivity index (χ1n) is 8.93. The van der Waals surface area contributed by atoms with Crippen LogP contribution in [0.4, 0.5) is 0 Å². The number of carbonyl (C=O) groups excluding carboxylic acids is 1. The van der Waals surface area contributed by atoms with Crippen molar-refractivity contribution in [1.29, 1.82) is 0 Å². The third-order valence-electron chi connectivity index (χ3n) is 4.58. The minimum absolute atomic E-state index is 0.0353. The van der Waals surface area contributed by atoms with Crippen molar-refractivity contribution < 1.29 is 9.53 Å². The summed E-state index contributed by atoms with van der Waals surface area (Å²) in [7, 11) is 0. The van der Waals surface area contributed by atoms with Gasteiger partial charge >= 0.3 is 0 Å². The van der Waals surface area contributed by atoms with Gasteiger partial charge in [-0.05, 0) is 24.8 Å². The fraction of sp³-hybridized carbons (Fsp3) is 0.824. The van der Waals surface area contributed by atoms with Crippen LogP contribution in [0.2, 0.25) is 0 Å². The van der Waals surface area contributed by atoms with Gasteiger partial charge in [0.15, 0.2) is 5.69 Å². The van der Waals surface area contributed by atoms with Gasteiger partial charge in [0, 0.05) is 26.2 Å². The summed E-state index contributed by atoms with van der Waals surface area (Å²) in [6.45, 7) is 12.5. The molecule has 3 heterocycles. The summed E-state index contributed by atoms with van der Waals surface area (Å²) < 4.78 is 7.19. The first-order valence-corrected chi connectivity index (χ1v) is 8.93. The number of hydrogen-bond acceptors (Lipinski definition) is 5. The van der Waals surface area contributed by atoms with E-state index in [0.717, 1.165) is 32.5 Å². The minimum atomic E-state index is -0.0353. The molecule has 0 aliphatic carbocycles. The molecule has 0 saturated carbocycles. The third-order valence-corrected chi connectivity index (χ3v) is 4.58. The topological polar surface area (TPSA) is 63.5 Å². The molecule has 7 heteroatoms. The molecule has 134 valence electrons. The maximum atomic E-state index is 12.5. The van der Waals surface area contributed by atoms with Gasteiger partial charge in [-0.15, -0.1) is 5.10 Å². The number of likely N-dealkylation sites (tertiary alicyclic amines) is 1. The Morgan fingerprint density at radius 2 is 2.04 bits per heavy atom. The molecule has 2 saturated heterocycles. The molecule has 1 atom stereocenters. The number of morpholine rings is 1. The Morgan fingerprint density at radius 3 is 2.75 bits per heavy atom. The lowest BCUT2D eigenvalue weighted by Gasteiger charge is -2.36. The summed E-state index contributed by atoms with van der Waals surface area (Å²) in [6.07, 6.45) is 4.07. The van der Waals surface area contributed by atoms with Gasteiger partial charge < -0.3 is 14.5 Å². The highest BCUT2D eigenvalue weighted by molar-refractivity contribution is 5.92. The molecular weight excluding hydrogens is 306 g/mol. The molecule has 1 unspecified atom stereocenters. The molecule has 0 bridgehead atoms. The van der Waals surface area contributed by atoms with Crippen molar-refractivity contribution in [3.8, 4) is 0 Å². The summed E-state index contributed by atoms with van der Waals surface area (Å²) in [5.41, 5.74) is 0.742. The highest BCUT2D eigenvalue weighted by atomic mass is 16.5. The normalized spacial score (nSPS) is 23.5. The van der Waals surface area contributed by atoms with E-state index in [0.29, 0.717) is 43.5 Å². The van der Waals surface area contributed by atoms with E-state index < -0.39 is 0 Å². The number of piperidine rings is 1. The average molecular weight is 335 g/mol. The average Bonchev–Trinajstić information content (AvgIpc) is 3.03. The molecule has 24 heavy (non-hydrogen) atoms. The Labute approximate surface area is 143 Å². The monoisotopic (exact) mass is 335 g/mol. The van der Waals surface area contributed by atoms with Gasteiger partial charge in [-0.2, -0.15) is 0 Å². The number of amides is 1. The summed E-state index contributed by atoms with van der Waals surface area (Å²) in [6, 6.07) is 0.305. The van der Waals surface area contributed by atoms with Crippen LogP contribution >= 0.6 is 0 Å². The van der Waals surface area contributed by atoms with Crippen molar-refractivity contribution in [2.75, 3.05) is 45.9 Å².